The number of hydrogen-bond acceptors (Lipinski definition) is 5. The average molecular weight is 387 g/mol. The summed E-state index contributed by atoms with van der Waals surface area (Å²) in [6, 6.07) is 1.00. The third-order valence-corrected chi connectivity index (χ3v) is 4.55. The van der Waals surface area contributed by atoms with Gasteiger partial charge in [0.25, 0.3) is 0 Å². The number of nitrogens with zero attached hydrogens (tertiary/aromatic N) is 1. The molecule has 0 aliphatic carbocycles. The summed E-state index contributed by atoms with van der Waals surface area (Å²) in [6.07, 6.45) is 0.0459. The third kappa shape index (κ3) is 3.86. The van der Waals surface area contributed by atoms with Gasteiger partial charge >= 0.3 is 12.0 Å². The van der Waals surface area contributed by atoms with E-state index in [0.717, 1.165) is 6.07 Å². The van der Waals surface area contributed by atoms with Crippen LogP contribution in [0.3, 0.4) is 0 Å². The minimum absolute atomic E-state index is 0.0403. The number of rotatable bonds is 4. The maximum Gasteiger partial charge on any atom is 0.328 e. The topological polar surface area (TPSA) is 80.4 Å². The molecule has 142 valence electrons. The normalized spacial score (nSPS) is 24.1. The van der Waals surface area contributed by atoms with Crippen LogP contribution in [0.25, 0.3) is 0 Å². The van der Waals surface area contributed by atoms with Crippen molar-refractivity contribution >= 4 is 29.3 Å². The Bertz CT molecular complexity index is 729. The molecule has 1 N–H and O–H groups in total. The van der Waals surface area contributed by atoms with Gasteiger partial charge in [-0.25, -0.2) is 14.0 Å². The number of ether oxygens (including phenoxy) is 3. The average Bonchev–Trinajstić information content (AvgIpc) is 3.35. The van der Waals surface area contributed by atoms with Gasteiger partial charge in [0, 0.05) is 12.5 Å². The Morgan fingerprint density at radius 3 is 2.77 bits per heavy atom. The lowest BCUT2D eigenvalue weighted by Crippen LogP contribution is -2.52. The molecule has 0 saturated carbocycles. The molecule has 3 atom stereocenters. The second-order valence-corrected chi connectivity index (χ2v) is 6.91. The second kappa shape index (κ2) is 7.28. The van der Waals surface area contributed by atoms with E-state index in [2.05, 4.69) is 5.32 Å². The summed E-state index contributed by atoms with van der Waals surface area (Å²) >= 11 is 5.97. The summed E-state index contributed by atoms with van der Waals surface area (Å²) in [5.41, 5.74) is -0.0856. The molecule has 0 bridgehead atoms. The summed E-state index contributed by atoms with van der Waals surface area (Å²) in [5, 5.41) is 2.58. The summed E-state index contributed by atoms with van der Waals surface area (Å²) in [7, 11) is 1.26. The summed E-state index contributed by atoms with van der Waals surface area (Å²) in [4.78, 5) is 25.9. The van der Waals surface area contributed by atoms with Crippen molar-refractivity contribution in [3.63, 3.8) is 0 Å². The number of carbonyl (C=O) groups is 2. The van der Waals surface area contributed by atoms with Crippen molar-refractivity contribution in [1.82, 2.24) is 4.90 Å². The molecule has 3 unspecified atom stereocenters. The lowest BCUT2D eigenvalue weighted by atomic mass is 10.0. The number of nitrogens with one attached hydrogen (secondary N) is 1. The molecule has 2 amide bonds. The Labute approximate surface area is 155 Å². The highest BCUT2D eigenvalue weighted by Crippen LogP contribution is 2.36. The van der Waals surface area contributed by atoms with Crippen LogP contribution in [0.1, 0.15) is 20.3 Å². The Kier molecular flexibility index (Phi) is 5.24. The summed E-state index contributed by atoms with van der Waals surface area (Å²) < 4.78 is 29.9. The van der Waals surface area contributed by atoms with Crippen molar-refractivity contribution in [3.05, 3.63) is 23.0 Å². The molecule has 26 heavy (non-hydrogen) atoms. The molecular weight excluding hydrogens is 367 g/mol. The lowest BCUT2D eigenvalue weighted by molar-refractivity contribution is -0.146. The van der Waals surface area contributed by atoms with Gasteiger partial charge in [-0.3, -0.25) is 0 Å². The van der Waals surface area contributed by atoms with Crippen LogP contribution in [-0.2, 0) is 14.3 Å². The minimum atomic E-state index is -0.773. The van der Waals surface area contributed by atoms with E-state index in [4.69, 9.17) is 25.8 Å². The van der Waals surface area contributed by atoms with Gasteiger partial charge in [-0.15, -0.1) is 0 Å². The molecule has 1 aromatic carbocycles. The van der Waals surface area contributed by atoms with Gasteiger partial charge in [0.2, 0.25) is 0 Å². The second-order valence-electron chi connectivity index (χ2n) is 6.50. The van der Waals surface area contributed by atoms with Crippen LogP contribution in [0, 0.1) is 5.82 Å². The molecule has 0 spiro atoms. The largest absolute Gasteiger partial charge is 0.489 e. The van der Waals surface area contributed by atoms with Gasteiger partial charge < -0.3 is 24.4 Å². The molecule has 2 aliphatic heterocycles. The molecule has 0 aromatic heterocycles. The molecule has 2 aliphatic rings. The predicted octanol–water partition coefficient (Wildman–Crippen LogP) is 2.81. The smallest absolute Gasteiger partial charge is 0.328 e. The van der Waals surface area contributed by atoms with E-state index in [1.807, 2.05) is 0 Å². The molecule has 0 radical (unpaired) electrons. The van der Waals surface area contributed by atoms with Crippen molar-refractivity contribution in [1.29, 1.82) is 0 Å². The quantitative estimate of drug-likeness (QED) is 0.635. The van der Waals surface area contributed by atoms with E-state index in [9.17, 15) is 14.0 Å². The first kappa shape index (κ1) is 18.7. The van der Waals surface area contributed by atoms with Crippen molar-refractivity contribution < 1.29 is 28.2 Å². The van der Waals surface area contributed by atoms with E-state index >= 15 is 0 Å². The maximum atomic E-state index is 14.2. The van der Waals surface area contributed by atoms with Crippen molar-refractivity contribution in [2.45, 2.75) is 44.6 Å². The van der Waals surface area contributed by atoms with Gasteiger partial charge in [0.15, 0.2) is 0 Å². The molecule has 2 saturated heterocycles. The van der Waals surface area contributed by atoms with Gasteiger partial charge in [-0.1, -0.05) is 11.6 Å². The molecular formula is C17H20ClFN2O5. The van der Waals surface area contributed by atoms with Crippen LogP contribution in [0.5, 0.6) is 5.75 Å². The highest BCUT2D eigenvalue weighted by molar-refractivity contribution is 6.32. The minimum Gasteiger partial charge on any atom is -0.489 e. The number of methoxy groups -OCH3 is 1. The first-order valence-corrected chi connectivity index (χ1v) is 8.64. The Morgan fingerprint density at radius 2 is 2.12 bits per heavy atom. The van der Waals surface area contributed by atoms with Gasteiger partial charge in [0.1, 0.15) is 23.7 Å². The number of fused-ring (bicyclic) bond motifs is 1. The van der Waals surface area contributed by atoms with Crippen LogP contribution in [0.2, 0.25) is 5.02 Å². The Hall–Kier alpha value is -2.06. The first-order chi connectivity index (χ1) is 12.3. The standard InChI is InChI=1S/C17H20ClFN2O5/c1-8(2)25-13-5-11(10(19)4-9(13)18)20-17(23)21-7-15-14(26-15)6-12(21)16(22)24-3/h4-5,8,12,14-15H,6-7H2,1-3H3,(H,20,23). The molecule has 7 nitrogen and oxygen atoms in total. The van der Waals surface area contributed by atoms with Crippen LogP contribution in [-0.4, -0.2) is 54.9 Å². The first-order valence-electron chi connectivity index (χ1n) is 8.26. The van der Waals surface area contributed by atoms with Crippen LogP contribution in [0.4, 0.5) is 14.9 Å². The number of anilines is 1. The number of esters is 1. The maximum absolute atomic E-state index is 14.2. The third-order valence-electron chi connectivity index (χ3n) is 4.26. The number of carbonyl (C=O) groups excluding carboxylic acids is 2. The number of piperidine rings is 1. The summed E-state index contributed by atoms with van der Waals surface area (Å²) in [6.45, 7) is 3.85. The fourth-order valence-electron chi connectivity index (χ4n) is 2.96. The van der Waals surface area contributed by atoms with Crippen LogP contribution >= 0.6 is 11.6 Å². The summed E-state index contributed by atoms with van der Waals surface area (Å²) in [5.74, 6) is -0.978. The van der Waals surface area contributed by atoms with Crippen molar-refractivity contribution in [2.24, 2.45) is 0 Å². The van der Waals surface area contributed by atoms with Crippen molar-refractivity contribution in [2.75, 3.05) is 19.0 Å². The fraction of sp³-hybridized carbons (Fsp3) is 0.529. The van der Waals surface area contributed by atoms with Crippen LogP contribution in [0.15, 0.2) is 12.1 Å². The molecule has 2 fully saturated rings. The molecule has 9 heteroatoms. The number of amides is 2. The van der Waals surface area contributed by atoms with E-state index < -0.39 is 23.9 Å². The number of likely N-dealkylation sites (tertiary alicyclic amines) is 1. The number of hydrogen-bond donors (Lipinski definition) is 1. The fourth-order valence-corrected chi connectivity index (χ4v) is 3.15. The number of benzene rings is 1. The number of halogens is 2. The van der Waals surface area contributed by atoms with Gasteiger partial charge in [-0.05, 0) is 19.9 Å². The molecule has 1 aromatic rings. The van der Waals surface area contributed by atoms with Gasteiger partial charge in [-0.2, -0.15) is 0 Å². The van der Waals surface area contributed by atoms with E-state index in [-0.39, 0.29) is 41.3 Å². The van der Waals surface area contributed by atoms with E-state index in [1.54, 1.807) is 13.8 Å². The Balaban J connectivity index is 1.79. The molecule has 2 heterocycles. The van der Waals surface area contributed by atoms with Gasteiger partial charge in [0.05, 0.1) is 36.6 Å². The zero-order valence-electron chi connectivity index (χ0n) is 14.6. The number of urea groups is 1. The number of epoxide rings is 1. The van der Waals surface area contributed by atoms with E-state index in [0.29, 0.717) is 6.42 Å². The SMILES string of the molecule is COC(=O)C1CC2OC2CN1C(=O)Nc1cc(OC(C)C)c(Cl)cc1F. The Morgan fingerprint density at radius 1 is 1.38 bits per heavy atom. The lowest BCUT2D eigenvalue weighted by Gasteiger charge is -2.31. The molecule has 3 rings (SSSR count). The van der Waals surface area contributed by atoms with Crippen LogP contribution < -0.4 is 10.1 Å². The monoisotopic (exact) mass is 386 g/mol. The highest BCUT2D eigenvalue weighted by atomic mass is 35.5. The van der Waals surface area contributed by atoms with E-state index in [1.165, 1.54) is 18.1 Å². The zero-order chi connectivity index (χ0) is 19.0. The zero-order valence-corrected chi connectivity index (χ0v) is 15.4. The predicted molar refractivity (Wildman–Crippen MR) is 92.0 cm³/mol. The van der Waals surface area contributed by atoms with Crippen molar-refractivity contribution in [3.8, 4) is 5.75 Å². The highest BCUT2D eigenvalue weighted by Gasteiger charge is 2.51.